The lowest BCUT2D eigenvalue weighted by Gasteiger charge is -2.22. The number of benzene rings is 1. The fourth-order valence-corrected chi connectivity index (χ4v) is 3.18. The Balaban J connectivity index is 1.54. The Bertz CT molecular complexity index is 659. The lowest BCUT2D eigenvalue weighted by Crippen LogP contribution is -2.37. The first-order valence-electron chi connectivity index (χ1n) is 8.22. The van der Waals surface area contributed by atoms with E-state index in [2.05, 4.69) is 10.6 Å². The summed E-state index contributed by atoms with van der Waals surface area (Å²) >= 11 is 0. The van der Waals surface area contributed by atoms with E-state index in [-0.39, 0.29) is 11.9 Å². The van der Waals surface area contributed by atoms with E-state index >= 15 is 0 Å². The first-order valence-corrected chi connectivity index (χ1v) is 8.22. The van der Waals surface area contributed by atoms with E-state index in [0.717, 1.165) is 37.8 Å². The van der Waals surface area contributed by atoms with E-state index in [9.17, 15) is 22.8 Å². The van der Waals surface area contributed by atoms with E-state index in [4.69, 9.17) is 0 Å². The third-order valence-electron chi connectivity index (χ3n) is 4.71. The lowest BCUT2D eigenvalue weighted by atomic mass is 9.95. The van der Waals surface area contributed by atoms with Crippen LogP contribution in [0.25, 0.3) is 0 Å². The van der Waals surface area contributed by atoms with Gasteiger partial charge in [-0.05, 0) is 31.4 Å². The fraction of sp³-hybridized carbons (Fsp3) is 0.529. The second-order valence-electron chi connectivity index (χ2n) is 6.50. The van der Waals surface area contributed by atoms with Crippen molar-refractivity contribution in [2.24, 2.45) is 11.8 Å². The van der Waals surface area contributed by atoms with Crippen LogP contribution in [0.15, 0.2) is 12.1 Å². The van der Waals surface area contributed by atoms with Gasteiger partial charge in [-0.15, -0.1) is 0 Å². The molecule has 1 aromatic carbocycles. The minimum atomic E-state index is -1.63. The van der Waals surface area contributed by atoms with Crippen molar-refractivity contribution in [3.8, 4) is 0 Å². The summed E-state index contributed by atoms with van der Waals surface area (Å²) in [6.45, 7) is 0. The highest BCUT2D eigenvalue weighted by Gasteiger charge is 2.48. The van der Waals surface area contributed by atoms with Crippen LogP contribution in [0, 0.1) is 29.3 Å². The van der Waals surface area contributed by atoms with Crippen LogP contribution in [0.3, 0.4) is 0 Å². The van der Waals surface area contributed by atoms with Gasteiger partial charge in [-0.2, -0.15) is 0 Å². The Hall–Kier alpha value is -2.05. The summed E-state index contributed by atoms with van der Waals surface area (Å²) < 4.78 is 39.6. The molecule has 2 unspecified atom stereocenters. The topological polar surface area (TPSA) is 58.2 Å². The van der Waals surface area contributed by atoms with Crippen LogP contribution in [0.2, 0.25) is 0 Å². The minimum absolute atomic E-state index is 0.159. The molecule has 7 heteroatoms. The van der Waals surface area contributed by atoms with Gasteiger partial charge >= 0.3 is 0 Å². The third kappa shape index (κ3) is 3.55. The van der Waals surface area contributed by atoms with Gasteiger partial charge in [0.15, 0.2) is 17.5 Å². The molecular weight excluding hydrogens is 321 g/mol. The molecule has 0 heterocycles. The van der Waals surface area contributed by atoms with Gasteiger partial charge in [0.2, 0.25) is 11.8 Å². The number of amides is 2. The van der Waals surface area contributed by atoms with E-state index in [1.165, 1.54) is 6.42 Å². The van der Waals surface area contributed by atoms with Crippen molar-refractivity contribution in [1.82, 2.24) is 5.32 Å². The zero-order chi connectivity index (χ0) is 17.3. The first-order chi connectivity index (χ1) is 11.5. The largest absolute Gasteiger partial charge is 0.353 e. The normalized spacial score (nSPS) is 23.6. The molecule has 3 rings (SSSR count). The molecule has 0 aromatic heterocycles. The molecule has 0 bridgehead atoms. The second kappa shape index (κ2) is 6.83. The second-order valence-corrected chi connectivity index (χ2v) is 6.50. The van der Waals surface area contributed by atoms with Crippen LogP contribution in [0.5, 0.6) is 0 Å². The zero-order valence-corrected chi connectivity index (χ0v) is 13.1. The van der Waals surface area contributed by atoms with Crippen molar-refractivity contribution in [3.05, 3.63) is 29.6 Å². The average molecular weight is 340 g/mol. The highest BCUT2D eigenvalue weighted by molar-refractivity contribution is 5.99. The molecule has 130 valence electrons. The summed E-state index contributed by atoms with van der Waals surface area (Å²) in [4.78, 5) is 24.2. The van der Waals surface area contributed by atoms with E-state index < -0.39 is 40.9 Å². The number of halogens is 3. The van der Waals surface area contributed by atoms with Crippen molar-refractivity contribution in [1.29, 1.82) is 0 Å². The fourth-order valence-electron chi connectivity index (χ4n) is 3.18. The Labute approximate surface area is 137 Å². The van der Waals surface area contributed by atoms with Gasteiger partial charge in [0.25, 0.3) is 0 Å². The maximum absolute atomic E-state index is 13.6. The van der Waals surface area contributed by atoms with Crippen LogP contribution in [-0.2, 0) is 9.59 Å². The van der Waals surface area contributed by atoms with Crippen LogP contribution < -0.4 is 10.6 Å². The van der Waals surface area contributed by atoms with Gasteiger partial charge in [-0.3, -0.25) is 9.59 Å². The Morgan fingerprint density at radius 1 is 0.917 bits per heavy atom. The number of rotatable bonds is 4. The highest BCUT2D eigenvalue weighted by Crippen LogP contribution is 2.40. The number of carbonyl (C=O) groups excluding carboxylic acids is 2. The van der Waals surface area contributed by atoms with E-state index in [1.54, 1.807) is 0 Å². The molecule has 24 heavy (non-hydrogen) atoms. The molecule has 2 amide bonds. The summed E-state index contributed by atoms with van der Waals surface area (Å²) in [5.41, 5.74) is -0.419. The van der Waals surface area contributed by atoms with Gasteiger partial charge in [0.1, 0.15) is 0 Å². The number of nitrogens with one attached hydrogen (secondary N) is 2. The van der Waals surface area contributed by atoms with Crippen molar-refractivity contribution >= 4 is 17.5 Å². The molecule has 1 aromatic rings. The Morgan fingerprint density at radius 3 is 2.29 bits per heavy atom. The third-order valence-corrected chi connectivity index (χ3v) is 4.71. The molecule has 4 nitrogen and oxygen atoms in total. The van der Waals surface area contributed by atoms with Crippen LogP contribution in [0.1, 0.15) is 38.5 Å². The average Bonchev–Trinajstić information content (AvgIpc) is 3.37. The maximum atomic E-state index is 13.6. The molecule has 2 atom stereocenters. The predicted octanol–water partition coefficient (Wildman–Crippen LogP) is 3.13. The highest BCUT2D eigenvalue weighted by atomic mass is 19.2. The van der Waals surface area contributed by atoms with Gasteiger partial charge in [-0.25, -0.2) is 13.2 Å². The molecular formula is C17H19F3N2O2. The van der Waals surface area contributed by atoms with Gasteiger partial charge < -0.3 is 10.6 Å². The molecule has 0 saturated heterocycles. The van der Waals surface area contributed by atoms with Crippen LogP contribution in [0.4, 0.5) is 18.9 Å². The van der Waals surface area contributed by atoms with Crippen LogP contribution >= 0.6 is 0 Å². The maximum Gasteiger partial charge on any atom is 0.228 e. The molecule has 0 spiro atoms. The molecule has 2 fully saturated rings. The van der Waals surface area contributed by atoms with E-state index in [1.807, 2.05) is 0 Å². The van der Waals surface area contributed by atoms with Crippen molar-refractivity contribution in [2.75, 3.05) is 5.32 Å². The standard InChI is InChI=1S/C17H19F3N2O2/c18-12-6-7-13(15(20)14(12)19)22-17(24)11-8-10(11)16(23)21-9-4-2-1-3-5-9/h6-7,9-11H,1-5,8H2,(H,21,23)(H,22,24). The van der Waals surface area contributed by atoms with Crippen molar-refractivity contribution in [2.45, 2.75) is 44.6 Å². The number of hydrogen-bond donors (Lipinski definition) is 2. The first kappa shape index (κ1) is 16.8. The summed E-state index contributed by atoms with van der Waals surface area (Å²) in [5, 5.41) is 5.18. The Kier molecular flexibility index (Phi) is 4.78. The molecule has 2 aliphatic rings. The van der Waals surface area contributed by atoms with E-state index in [0.29, 0.717) is 6.42 Å². The van der Waals surface area contributed by atoms with Crippen molar-refractivity contribution in [3.63, 3.8) is 0 Å². The van der Waals surface area contributed by atoms with Crippen LogP contribution in [-0.4, -0.2) is 17.9 Å². The molecule has 2 aliphatic carbocycles. The number of carbonyl (C=O) groups is 2. The quantitative estimate of drug-likeness (QED) is 0.828. The smallest absolute Gasteiger partial charge is 0.228 e. The summed E-state index contributed by atoms with van der Waals surface area (Å²) in [6.07, 6.45) is 5.66. The minimum Gasteiger partial charge on any atom is -0.353 e. The predicted molar refractivity (Wildman–Crippen MR) is 81.6 cm³/mol. The monoisotopic (exact) mass is 340 g/mol. The summed E-state index contributed by atoms with van der Waals surface area (Å²) in [7, 11) is 0. The summed E-state index contributed by atoms with van der Waals surface area (Å²) in [6, 6.07) is 1.87. The number of hydrogen-bond acceptors (Lipinski definition) is 2. The van der Waals surface area contributed by atoms with Gasteiger partial charge in [-0.1, -0.05) is 19.3 Å². The summed E-state index contributed by atoms with van der Waals surface area (Å²) in [5.74, 6) is -6.08. The Morgan fingerprint density at radius 2 is 1.58 bits per heavy atom. The molecule has 2 N–H and O–H groups in total. The molecule has 2 saturated carbocycles. The lowest BCUT2D eigenvalue weighted by molar-refractivity contribution is -0.126. The zero-order valence-electron chi connectivity index (χ0n) is 13.1. The molecule has 0 radical (unpaired) electrons. The molecule has 0 aliphatic heterocycles. The SMILES string of the molecule is O=C(Nc1ccc(F)c(F)c1F)C1CC1C(=O)NC1CCCCC1. The van der Waals surface area contributed by atoms with Crippen molar-refractivity contribution < 1.29 is 22.8 Å². The van der Waals surface area contributed by atoms with Gasteiger partial charge in [0.05, 0.1) is 17.5 Å². The number of anilines is 1. The van der Waals surface area contributed by atoms with Gasteiger partial charge in [0, 0.05) is 6.04 Å².